The van der Waals surface area contributed by atoms with E-state index in [2.05, 4.69) is 4.98 Å². The highest BCUT2D eigenvalue weighted by Crippen LogP contribution is 2.51. The second-order valence-electron chi connectivity index (χ2n) is 9.30. The van der Waals surface area contributed by atoms with Crippen molar-refractivity contribution in [2.45, 2.75) is 57.3 Å². The topological polar surface area (TPSA) is 82.6 Å². The maximum absolute atomic E-state index is 12.7. The summed E-state index contributed by atoms with van der Waals surface area (Å²) in [7, 11) is 0. The third kappa shape index (κ3) is 4.51. The lowest BCUT2D eigenvalue weighted by Gasteiger charge is -2.38. The van der Waals surface area contributed by atoms with Gasteiger partial charge in [-0.3, -0.25) is 14.3 Å². The van der Waals surface area contributed by atoms with Crippen LogP contribution in [0.1, 0.15) is 42.2 Å². The minimum atomic E-state index is -0.666. The summed E-state index contributed by atoms with van der Waals surface area (Å²) >= 11 is 0. The maximum Gasteiger partial charge on any atom is 0.330 e. The van der Waals surface area contributed by atoms with E-state index >= 15 is 0 Å². The van der Waals surface area contributed by atoms with Gasteiger partial charge in [-0.05, 0) is 37.3 Å². The lowest BCUT2D eigenvalue weighted by atomic mass is 9.77. The number of H-pyrrole nitrogens is 1. The Morgan fingerprint density at radius 3 is 2.41 bits per heavy atom. The van der Waals surface area contributed by atoms with E-state index in [-0.39, 0.29) is 17.6 Å². The Kier molecular flexibility index (Phi) is 6.50. The molecule has 2 heterocycles. The summed E-state index contributed by atoms with van der Waals surface area (Å²) < 4.78 is 20.9. The summed E-state index contributed by atoms with van der Waals surface area (Å²) in [6.45, 7) is 2.99. The van der Waals surface area contributed by atoms with Crippen LogP contribution < -0.4 is 11.2 Å². The molecule has 2 aliphatic rings. The van der Waals surface area contributed by atoms with Crippen molar-refractivity contribution in [3.05, 3.63) is 104 Å². The molecule has 4 atom stereocenters. The van der Waals surface area contributed by atoms with Crippen molar-refractivity contribution in [3.63, 3.8) is 0 Å². The highest BCUT2D eigenvalue weighted by atomic mass is 16.6. The smallest absolute Gasteiger partial charge is 0.330 e. The van der Waals surface area contributed by atoms with Crippen LogP contribution in [0.25, 0.3) is 0 Å². The molecular formula is C27H30N2O5. The van der Waals surface area contributed by atoms with Crippen LogP contribution in [0.3, 0.4) is 0 Å². The molecule has 1 saturated heterocycles. The number of aromatic nitrogens is 2. The van der Waals surface area contributed by atoms with E-state index in [0.29, 0.717) is 25.4 Å². The number of ether oxygens (including phenoxy) is 3. The van der Waals surface area contributed by atoms with Crippen LogP contribution in [-0.2, 0) is 27.4 Å². The monoisotopic (exact) mass is 462 g/mol. The van der Waals surface area contributed by atoms with Gasteiger partial charge < -0.3 is 14.2 Å². The van der Waals surface area contributed by atoms with Gasteiger partial charge in [-0.15, -0.1) is 0 Å². The first-order valence-corrected chi connectivity index (χ1v) is 11.8. The van der Waals surface area contributed by atoms with Crippen LogP contribution in [0.2, 0.25) is 0 Å². The van der Waals surface area contributed by atoms with E-state index < -0.39 is 17.5 Å². The number of nitrogens with one attached hydrogen (secondary N) is 1. The van der Waals surface area contributed by atoms with E-state index in [1.54, 1.807) is 13.1 Å². The van der Waals surface area contributed by atoms with E-state index in [4.69, 9.17) is 14.2 Å². The average molecular weight is 463 g/mol. The molecule has 3 aromatic rings. The zero-order chi connectivity index (χ0) is 23.5. The highest BCUT2D eigenvalue weighted by molar-refractivity contribution is 5.15. The molecule has 1 N–H and O–H groups in total. The quantitative estimate of drug-likeness (QED) is 0.552. The van der Waals surface area contributed by atoms with Gasteiger partial charge in [0.15, 0.2) is 0 Å². The first-order chi connectivity index (χ1) is 16.6. The lowest BCUT2D eigenvalue weighted by Crippen LogP contribution is -2.49. The molecule has 178 valence electrons. The first-order valence-electron chi connectivity index (χ1n) is 11.8. The fraction of sp³-hybridized carbons (Fsp3) is 0.407. The van der Waals surface area contributed by atoms with Gasteiger partial charge in [-0.25, -0.2) is 4.79 Å². The molecule has 1 aliphatic carbocycles. The fourth-order valence-electron chi connectivity index (χ4n) is 5.24. The van der Waals surface area contributed by atoms with Gasteiger partial charge in [0.1, 0.15) is 11.8 Å². The zero-order valence-corrected chi connectivity index (χ0v) is 19.3. The number of benzene rings is 2. The van der Waals surface area contributed by atoms with Crippen molar-refractivity contribution in [3.8, 4) is 0 Å². The SMILES string of the molecule is Cc1cn(C2OC3(COCc4ccccc4)CCCC2C3OCc2ccccc2)c(=O)[nH]c1=O. The van der Waals surface area contributed by atoms with Crippen molar-refractivity contribution >= 4 is 0 Å². The molecule has 0 amide bonds. The number of hydrogen-bond donors (Lipinski definition) is 1. The number of rotatable bonds is 8. The van der Waals surface area contributed by atoms with E-state index in [0.717, 1.165) is 30.4 Å². The standard InChI is InChI=1S/C27H30N2O5/c1-19-15-29(26(31)28-24(19)30)25-22-13-8-14-27(34-25,18-32-16-20-9-4-2-5-10-20)23(22)33-17-21-11-6-3-7-12-21/h2-7,9-12,15,22-23,25H,8,13-14,16-18H2,1H3,(H,28,30,31). The molecule has 0 spiro atoms. The molecule has 4 unspecified atom stereocenters. The fourth-order valence-corrected chi connectivity index (χ4v) is 5.24. The van der Waals surface area contributed by atoms with Gasteiger partial charge in [0.05, 0.1) is 25.9 Å². The summed E-state index contributed by atoms with van der Waals surface area (Å²) in [5, 5.41) is 0. The number of aromatic amines is 1. The third-order valence-corrected chi connectivity index (χ3v) is 6.92. The summed E-state index contributed by atoms with van der Waals surface area (Å²) in [6.07, 6.45) is 3.45. The van der Waals surface area contributed by atoms with Gasteiger partial charge >= 0.3 is 5.69 Å². The van der Waals surface area contributed by atoms with Crippen LogP contribution >= 0.6 is 0 Å². The minimum Gasteiger partial charge on any atom is -0.374 e. The Bertz CT molecular complexity index is 1220. The molecule has 5 rings (SSSR count). The number of nitrogens with zero attached hydrogens (tertiary/aromatic N) is 1. The van der Waals surface area contributed by atoms with Crippen molar-refractivity contribution in [1.29, 1.82) is 0 Å². The predicted molar refractivity (Wildman–Crippen MR) is 127 cm³/mol. The molecule has 1 aliphatic heterocycles. The van der Waals surface area contributed by atoms with Crippen LogP contribution in [0.5, 0.6) is 0 Å². The van der Waals surface area contributed by atoms with Gasteiger partial charge in [0, 0.05) is 17.7 Å². The van der Waals surface area contributed by atoms with Gasteiger partial charge in [0.2, 0.25) is 0 Å². The second kappa shape index (κ2) is 9.70. The molecule has 2 bridgehead atoms. The van der Waals surface area contributed by atoms with Crippen LogP contribution in [0.4, 0.5) is 0 Å². The number of fused-ring (bicyclic) bond motifs is 2. The normalized spacial score (nSPS) is 26.0. The Morgan fingerprint density at radius 1 is 1.03 bits per heavy atom. The van der Waals surface area contributed by atoms with Gasteiger partial charge in [0.25, 0.3) is 5.56 Å². The van der Waals surface area contributed by atoms with Gasteiger partial charge in [-0.2, -0.15) is 0 Å². The molecule has 2 aromatic carbocycles. The molecular weight excluding hydrogens is 432 g/mol. The molecule has 1 saturated carbocycles. The van der Waals surface area contributed by atoms with E-state index in [1.807, 2.05) is 60.7 Å². The Hall–Kier alpha value is -3.00. The summed E-state index contributed by atoms with van der Waals surface area (Å²) in [6, 6.07) is 20.1. The van der Waals surface area contributed by atoms with E-state index in [9.17, 15) is 9.59 Å². The molecule has 34 heavy (non-hydrogen) atoms. The van der Waals surface area contributed by atoms with Crippen molar-refractivity contribution in [1.82, 2.24) is 9.55 Å². The summed E-state index contributed by atoms with van der Waals surface area (Å²) in [5.74, 6) is -0.0270. The Morgan fingerprint density at radius 2 is 1.71 bits per heavy atom. The first kappa shape index (κ1) is 22.8. The van der Waals surface area contributed by atoms with Crippen molar-refractivity contribution in [2.75, 3.05) is 6.61 Å². The van der Waals surface area contributed by atoms with Gasteiger partial charge in [-0.1, -0.05) is 60.7 Å². The molecule has 7 heteroatoms. The number of aryl methyl sites for hydroxylation is 1. The van der Waals surface area contributed by atoms with Crippen molar-refractivity contribution < 1.29 is 14.2 Å². The minimum absolute atomic E-state index is 0.0270. The molecule has 1 aromatic heterocycles. The number of hydrogen-bond acceptors (Lipinski definition) is 5. The van der Waals surface area contributed by atoms with Crippen LogP contribution in [0, 0.1) is 12.8 Å². The zero-order valence-electron chi connectivity index (χ0n) is 19.3. The Labute approximate surface area is 198 Å². The lowest BCUT2D eigenvalue weighted by molar-refractivity contribution is -0.163. The van der Waals surface area contributed by atoms with Crippen molar-refractivity contribution in [2.24, 2.45) is 5.92 Å². The van der Waals surface area contributed by atoms with Crippen LogP contribution in [0.15, 0.2) is 76.4 Å². The molecule has 7 nitrogen and oxygen atoms in total. The summed E-state index contributed by atoms with van der Waals surface area (Å²) in [4.78, 5) is 27.1. The summed E-state index contributed by atoms with van der Waals surface area (Å²) in [5.41, 5.74) is 1.15. The second-order valence-corrected chi connectivity index (χ2v) is 9.30. The molecule has 0 radical (unpaired) electrons. The maximum atomic E-state index is 12.7. The molecule has 2 fully saturated rings. The van der Waals surface area contributed by atoms with E-state index in [1.165, 1.54) is 4.57 Å². The highest BCUT2D eigenvalue weighted by Gasteiger charge is 2.58. The largest absolute Gasteiger partial charge is 0.374 e. The average Bonchev–Trinajstić information content (AvgIpc) is 3.01. The predicted octanol–water partition coefficient (Wildman–Crippen LogP) is 3.71. The third-order valence-electron chi connectivity index (χ3n) is 6.92. The van der Waals surface area contributed by atoms with Crippen LogP contribution in [-0.4, -0.2) is 27.9 Å². The Balaban J connectivity index is 1.42.